The van der Waals surface area contributed by atoms with E-state index in [0.29, 0.717) is 39.0 Å². The van der Waals surface area contributed by atoms with Gasteiger partial charge in [-0.2, -0.15) is 0 Å². The SMILES string of the molecule is O=Cc1cc(-c2ccc(-c3ccc[se]3)[se]2)[se]c1C=O. The monoisotopic (exact) mass is 448 g/mol. The van der Waals surface area contributed by atoms with Crippen LogP contribution in [0.3, 0.4) is 0 Å². The third-order valence-corrected chi connectivity index (χ3v) is 10.6. The predicted octanol–water partition coefficient (Wildman–Crippen LogP) is 1.82. The molecular weight excluding hydrogens is 437 g/mol. The van der Waals surface area contributed by atoms with Crippen molar-refractivity contribution < 1.29 is 9.59 Å². The Kier molecular flexibility index (Phi) is 4.04. The molecule has 0 amide bonds. The molecule has 0 atom stereocenters. The van der Waals surface area contributed by atoms with Crippen LogP contribution < -0.4 is 0 Å². The zero-order chi connectivity index (χ0) is 13.2. The Morgan fingerprint density at radius 1 is 0.842 bits per heavy atom. The van der Waals surface area contributed by atoms with Gasteiger partial charge < -0.3 is 0 Å². The molecule has 0 saturated carbocycles. The van der Waals surface area contributed by atoms with Crippen LogP contribution in [0.5, 0.6) is 0 Å². The molecule has 0 radical (unpaired) electrons. The second-order valence-corrected chi connectivity index (χ2v) is 10.3. The van der Waals surface area contributed by atoms with Crippen molar-refractivity contribution in [1.29, 1.82) is 0 Å². The van der Waals surface area contributed by atoms with Crippen LogP contribution in [0.1, 0.15) is 19.6 Å². The van der Waals surface area contributed by atoms with Gasteiger partial charge in [0.1, 0.15) is 0 Å². The van der Waals surface area contributed by atoms with Crippen LogP contribution in [0.4, 0.5) is 0 Å². The summed E-state index contributed by atoms with van der Waals surface area (Å²) in [6, 6.07) is 10.6. The maximum absolute atomic E-state index is 10.9. The van der Waals surface area contributed by atoms with E-state index < -0.39 is 0 Å². The average molecular weight is 445 g/mol. The fourth-order valence-electron chi connectivity index (χ4n) is 1.75. The predicted molar refractivity (Wildman–Crippen MR) is 78.9 cm³/mol. The summed E-state index contributed by atoms with van der Waals surface area (Å²) >= 11 is 0.800. The topological polar surface area (TPSA) is 34.1 Å². The van der Waals surface area contributed by atoms with Gasteiger partial charge in [0.25, 0.3) is 0 Å². The zero-order valence-electron chi connectivity index (χ0n) is 9.66. The zero-order valence-corrected chi connectivity index (χ0v) is 14.8. The molecule has 2 nitrogen and oxygen atoms in total. The minimum atomic E-state index is 0.00230. The van der Waals surface area contributed by atoms with Crippen LogP contribution >= 0.6 is 0 Å². The molecule has 0 aliphatic heterocycles. The van der Waals surface area contributed by atoms with Crippen molar-refractivity contribution >= 4 is 56.1 Å². The van der Waals surface area contributed by atoms with E-state index in [-0.39, 0.29) is 14.5 Å². The summed E-state index contributed by atoms with van der Waals surface area (Å²) in [5.74, 6) is 0. The normalized spacial score (nSPS) is 10.5. The summed E-state index contributed by atoms with van der Waals surface area (Å²) in [5.41, 5.74) is 0.570. The average Bonchev–Trinajstić information content (AvgIpc) is 3.16. The summed E-state index contributed by atoms with van der Waals surface area (Å²) < 4.78 is 6.10. The molecule has 5 heteroatoms. The third kappa shape index (κ3) is 2.64. The first-order valence-corrected chi connectivity index (χ1v) is 10.8. The van der Waals surface area contributed by atoms with E-state index in [9.17, 15) is 9.59 Å². The van der Waals surface area contributed by atoms with Gasteiger partial charge in [0, 0.05) is 0 Å². The van der Waals surface area contributed by atoms with E-state index >= 15 is 0 Å². The van der Waals surface area contributed by atoms with Crippen molar-refractivity contribution in [3.8, 4) is 17.7 Å². The van der Waals surface area contributed by atoms with Crippen molar-refractivity contribution in [2.45, 2.75) is 0 Å². The van der Waals surface area contributed by atoms with Gasteiger partial charge in [-0.05, 0) is 0 Å². The fraction of sp³-hybridized carbons (Fsp3) is 0. The number of carbonyl (C=O) groups is 2. The third-order valence-electron chi connectivity index (χ3n) is 2.64. The van der Waals surface area contributed by atoms with Crippen molar-refractivity contribution in [1.82, 2.24) is 0 Å². The minimum absolute atomic E-state index is 0.00230. The van der Waals surface area contributed by atoms with Crippen LogP contribution in [0.2, 0.25) is 0 Å². The van der Waals surface area contributed by atoms with E-state index in [4.69, 9.17) is 0 Å². The molecule has 0 aromatic carbocycles. The molecule has 0 aliphatic carbocycles. The molecule has 19 heavy (non-hydrogen) atoms. The molecule has 0 aliphatic rings. The van der Waals surface area contributed by atoms with Crippen LogP contribution in [0, 0.1) is 0 Å². The molecular formula is C14H8O2Se3. The molecule has 3 aromatic rings. The van der Waals surface area contributed by atoms with E-state index in [1.54, 1.807) is 0 Å². The molecule has 0 unspecified atom stereocenters. The number of rotatable bonds is 4. The number of aldehydes is 2. The number of hydrogen-bond donors (Lipinski definition) is 0. The summed E-state index contributed by atoms with van der Waals surface area (Å²) in [5, 5.41) is 0. The van der Waals surface area contributed by atoms with Gasteiger partial charge in [-0.15, -0.1) is 0 Å². The van der Waals surface area contributed by atoms with E-state index in [1.807, 2.05) is 6.07 Å². The van der Waals surface area contributed by atoms with Crippen molar-refractivity contribution in [3.05, 3.63) is 45.3 Å². The summed E-state index contributed by atoms with van der Waals surface area (Å²) in [6.07, 6.45) is 1.62. The molecule has 94 valence electrons. The molecule has 3 rings (SSSR count). The second kappa shape index (κ2) is 5.76. The van der Waals surface area contributed by atoms with Gasteiger partial charge in [0.2, 0.25) is 0 Å². The summed E-state index contributed by atoms with van der Waals surface area (Å²) in [4.78, 5) is 24.1. The first-order valence-electron chi connectivity index (χ1n) is 5.50. The Bertz CT molecular complexity index is 694. The van der Waals surface area contributed by atoms with Crippen LogP contribution in [0.25, 0.3) is 17.7 Å². The van der Waals surface area contributed by atoms with Crippen LogP contribution in [-0.4, -0.2) is 56.1 Å². The Balaban J connectivity index is 2.01. The first kappa shape index (κ1) is 13.3. The first-order chi connectivity index (χ1) is 9.31. The Hall–Kier alpha value is -0.662. The number of carbonyl (C=O) groups excluding carboxylic acids is 2. The Morgan fingerprint density at radius 2 is 1.63 bits per heavy atom. The maximum atomic E-state index is 10.9. The van der Waals surface area contributed by atoms with Crippen LogP contribution in [-0.2, 0) is 0 Å². The van der Waals surface area contributed by atoms with Gasteiger partial charge in [-0.25, -0.2) is 0 Å². The van der Waals surface area contributed by atoms with Gasteiger partial charge in [0.05, 0.1) is 0 Å². The fourth-order valence-corrected chi connectivity index (χ4v) is 8.56. The van der Waals surface area contributed by atoms with E-state index in [2.05, 4.69) is 29.2 Å². The number of hydrogen-bond acceptors (Lipinski definition) is 2. The molecule has 0 fully saturated rings. The van der Waals surface area contributed by atoms with Crippen molar-refractivity contribution in [2.24, 2.45) is 0 Å². The molecule has 0 saturated heterocycles. The van der Waals surface area contributed by atoms with Gasteiger partial charge in [-0.1, -0.05) is 0 Å². The van der Waals surface area contributed by atoms with Crippen molar-refractivity contribution in [2.75, 3.05) is 0 Å². The van der Waals surface area contributed by atoms with Gasteiger partial charge in [0.15, 0.2) is 0 Å². The second-order valence-electron chi connectivity index (χ2n) is 3.81. The van der Waals surface area contributed by atoms with E-state index in [1.165, 1.54) is 17.7 Å². The molecule has 3 heterocycles. The Labute approximate surface area is 128 Å². The Morgan fingerprint density at radius 3 is 2.21 bits per heavy atom. The van der Waals surface area contributed by atoms with Crippen molar-refractivity contribution in [3.63, 3.8) is 0 Å². The summed E-state index contributed by atoms with van der Waals surface area (Å²) in [6.45, 7) is 0. The standard InChI is InChI=1S/C14H8O2Se3/c15-7-9-6-13(19-14(9)8-16)12-4-3-11(18-12)10-2-1-5-17-10/h1-8H. The molecule has 0 N–H and O–H groups in total. The van der Waals surface area contributed by atoms with Gasteiger partial charge >= 0.3 is 129 Å². The molecule has 0 bridgehead atoms. The quantitative estimate of drug-likeness (QED) is 0.454. The van der Waals surface area contributed by atoms with E-state index in [0.717, 1.165) is 12.6 Å². The van der Waals surface area contributed by atoms with Crippen LogP contribution in [0.15, 0.2) is 35.3 Å². The van der Waals surface area contributed by atoms with Gasteiger partial charge in [-0.3, -0.25) is 0 Å². The molecule has 3 aromatic heterocycles. The molecule has 0 spiro atoms. The summed E-state index contributed by atoms with van der Waals surface area (Å²) in [7, 11) is 0.